The van der Waals surface area contributed by atoms with E-state index in [0.717, 1.165) is 6.42 Å². The molecule has 0 fully saturated rings. The van der Waals surface area contributed by atoms with Crippen molar-refractivity contribution in [3.8, 4) is 5.75 Å². The van der Waals surface area contributed by atoms with Crippen molar-refractivity contribution in [1.82, 2.24) is 10.0 Å². The molecule has 0 unspecified atom stereocenters. The van der Waals surface area contributed by atoms with E-state index in [4.69, 9.17) is 4.74 Å². The maximum atomic E-state index is 13.5. The topological polar surface area (TPSA) is 84.5 Å². The maximum Gasteiger partial charge on any atom is 0.258 e. The number of rotatable bonds is 10. The van der Waals surface area contributed by atoms with Crippen molar-refractivity contribution in [2.24, 2.45) is 5.92 Å². The van der Waals surface area contributed by atoms with E-state index in [2.05, 4.69) is 10.0 Å². The summed E-state index contributed by atoms with van der Waals surface area (Å²) in [4.78, 5) is 12.0. The normalized spacial score (nSPS) is 11.5. The summed E-state index contributed by atoms with van der Waals surface area (Å²) >= 11 is 0. The molecule has 0 aliphatic heterocycles. The average Bonchev–Trinajstić information content (AvgIpc) is 2.67. The molecule has 0 bridgehead atoms. The molecule has 0 aromatic heterocycles. The molecule has 2 aromatic carbocycles. The van der Waals surface area contributed by atoms with Gasteiger partial charge in [0.1, 0.15) is 11.6 Å². The fourth-order valence-corrected chi connectivity index (χ4v) is 3.47. The predicted molar refractivity (Wildman–Crippen MR) is 110 cm³/mol. The molecule has 0 atom stereocenters. The molecule has 1 amide bonds. The third-order valence-corrected chi connectivity index (χ3v) is 5.72. The summed E-state index contributed by atoms with van der Waals surface area (Å²) in [7, 11) is -3.57. The van der Waals surface area contributed by atoms with Gasteiger partial charge in [-0.15, -0.1) is 0 Å². The van der Waals surface area contributed by atoms with Crippen molar-refractivity contribution in [2.75, 3.05) is 13.2 Å². The van der Waals surface area contributed by atoms with E-state index in [0.29, 0.717) is 29.3 Å². The van der Waals surface area contributed by atoms with Crippen LogP contribution in [0, 0.1) is 18.7 Å². The number of carbonyl (C=O) groups excluding carboxylic acids is 1. The predicted octanol–water partition coefficient (Wildman–Crippen LogP) is 3.15. The van der Waals surface area contributed by atoms with E-state index >= 15 is 0 Å². The zero-order chi connectivity index (χ0) is 21.4. The van der Waals surface area contributed by atoms with E-state index in [-0.39, 0.29) is 29.8 Å². The molecule has 2 rings (SSSR count). The minimum Gasteiger partial charge on any atom is -0.484 e. The zero-order valence-corrected chi connectivity index (χ0v) is 17.7. The van der Waals surface area contributed by atoms with Gasteiger partial charge in [-0.1, -0.05) is 26.0 Å². The molecule has 0 aliphatic rings. The number of hydrogen-bond donors (Lipinski definition) is 2. The van der Waals surface area contributed by atoms with Crippen LogP contribution < -0.4 is 14.8 Å². The van der Waals surface area contributed by atoms with Gasteiger partial charge in [0.2, 0.25) is 10.0 Å². The molecule has 6 nitrogen and oxygen atoms in total. The average molecular weight is 423 g/mol. The number of sulfonamides is 1. The van der Waals surface area contributed by atoms with Crippen LogP contribution in [0.4, 0.5) is 4.39 Å². The highest BCUT2D eigenvalue weighted by atomic mass is 32.2. The Labute approximate surface area is 171 Å². The molecule has 2 N–H and O–H groups in total. The second-order valence-corrected chi connectivity index (χ2v) is 8.97. The van der Waals surface area contributed by atoms with E-state index in [1.165, 1.54) is 30.3 Å². The van der Waals surface area contributed by atoms with Crippen LogP contribution in [0.2, 0.25) is 0 Å². The summed E-state index contributed by atoms with van der Waals surface area (Å²) in [5.74, 6) is 0.104. The smallest absolute Gasteiger partial charge is 0.258 e. The monoisotopic (exact) mass is 422 g/mol. The van der Waals surface area contributed by atoms with Gasteiger partial charge in [0.15, 0.2) is 6.61 Å². The number of hydrogen-bond acceptors (Lipinski definition) is 4. The highest BCUT2D eigenvalue weighted by Gasteiger charge is 2.14. The number of nitrogens with one attached hydrogen (secondary N) is 2. The van der Waals surface area contributed by atoms with Gasteiger partial charge in [-0.2, -0.15) is 0 Å². The summed E-state index contributed by atoms with van der Waals surface area (Å²) in [6.07, 6.45) is 0.755. The Bertz CT molecular complexity index is 928. The fraction of sp³-hybridized carbons (Fsp3) is 0.381. The van der Waals surface area contributed by atoms with Crippen LogP contribution in [0.25, 0.3) is 0 Å². The summed E-state index contributed by atoms with van der Waals surface area (Å²) in [5.41, 5.74) is 1.20. The molecule has 0 saturated heterocycles. The van der Waals surface area contributed by atoms with Crippen LogP contribution in [0.1, 0.15) is 31.4 Å². The van der Waals surface area contributed by atoms with Crippen molar-refractivity contribution in [1.29, 1.82) is 0 Å². The van der Waals surface area contributed by atoms with Crippen molar-refractivity contribution >= 4 is 15.9 Å². The molecule has 0 spiro atoms. The van der Waals surface area contributed by atoms with Gasteiger partial charge >= 0.3 is 0 Å². The van der Waals surface area contributed by atoms with Gasteiger partial charge in [-0.05, 0) is 60.7 Å². The number of aryl methyl sites for hydroxylation is 1. The van der Waals surface area contributed by atoms with Gasteiger partial charge in [-0.25, -0.2) is 17.5 Å². The van der Waals surface area contributed by atoms with Crippen LogP contribution in [-0.4, -0.2) is 27.5 Å². The quantitative estimate of drug-likeness (QED) is 0.616. The number of ether oxygens (including phenoxy) is 1. The second kappa shape index (κ2) is 10.4. The Morgan fingerprint density at radius 2 is 1.83 bits per heavy atom. The Kier molecular flexibility index (Phi) is 8.16. The fourth-order valence-electron chi connectivity index (χ4n) is 2.43. The number of halogens is 1. The lowest BCUT2D eigenvalue weighted by atomic mass is 10.1. The third kappa shape index (κ3) is 7.47. The van der Waals surface area contributed by atoms with E-state index in [1.54, 1.807) is 19.1 Å². The van der Waals surface area contributed by atoms with Gasteiger partial charge in [-0.3, -0.25) is 4.79 Å². The van der Waals surface area contributed by atoms with Gasteiger partial charge < -0.3 is 10.1 Å². The summed E-state index contributed by atoms with van der Waals surface area (Å²) < 4.78 is 45.9. The Balaban J connectivity index is 1.81. The molecule has 0 radical (unpaired) electrons. The third-order valence-electron chi connectivity index (χ3n) is 4.24. The van der Waals surface area contributed by atoms with Gasteiger partial charge in [0.05, 0.1) is 4.90 Å². The Morgan fingerprint density at radius 3 is 2.45 bits per heavy atom. The first-order valence-electron chi connectivity index (χ1n) is 9.41. The Morgan fingerprint density at radius 1 is 1.14 bits per heavy atom. The molecule has 158 valence electrons. The number of benzene rings is 2. The first kappa shape index (κ1) is 22.8. The molecule has 0 saturated carbocycles. The van der Waals surface area contributed by atoms with Crippen molar-refractivity contribution in [3.63, 3.8) is 0 Å². The standard InChI is InChI=1S/C21H27FN2O4S/c1-15(2)10-11-24-29(26,27)19-8-6-18(7-9-19)28-14-21(25)23-13-17-5-4-16(3)20(22)12-17/h4-9,12,15,24H,10-11,13-14H2,1-3H3,(H,23,25). The molecule has 2 aromatic rings. The molecular weight excluding hydrogens is 395 g/mol. The van der Waals surface area contributed by atoms with E-state index in [1.807, 2.05) is 13.8 Å². The van der Waals surface area contributed by atoms with Crippen LogP contribution in [0.15, 0.2) is 47.4 Å². The van der Waals surface area contributed by atoms with Crippen molar-refractivity contribution in [3.05, 3.63) is 59.4 Å². The maximum absolute atomic E-state index is 13.5. The Hall–Kier alpha value is -2.45. The number of amides is 1. The molecule has 8 heteroatoms. The van der Waals surface area contributed by atoms with Gasteiger partial charge in [0.25, 0.3) is 5.91 Å². The van der Waals surface area contributed by atoms with Crippen molar-refractivity contribution < 1.29 is 22.3 Å². The highest BCUT2D eigenvalue weighted by molar-refractivity contribution is 7.89. The first-order chi connectivity index (χ1) is 13.7. The SMILES string of the molecule is Cc1ccc(CNC(=O)COc2ccc(S(=O)(=O)NCCC(C)C)cc2)cc1F. The lowest BCUT2D eigenvalue weighted by Gasteiger charge is -2.10. The molecular formula is C21H27FN2O4S. The second-order valence-electron chi connectivity index (χ2n) is 7.20. The highest BCUT2D eigenvalue weighted by Crippen LogP contribution is 2.16. The van der Waals surface area contributed by atoms with Crippen LogP contribution in [0.5, 0.6) is 5.75 Å². The van der Waals surface area contributed by atoms with Crippen molar-refractivity contribution in [2.45, 2.75) is 38.6 Å². The molecule has 29 heavy (non-hydrogen) atoms. The van der Waals surface area contributed by atoms with Gasteiger partial charge in [0, 0.05) is 13.1 Å². The lowest BCUT2D eigenvalue weighted by Crippen LogP contribution is -2.28. The van der Waals surface area contributed by atoms with E-state index in [9.17, 15) is 17.6 Å². The summed E-state index contributed by atoms with van der Waals surface area (Å²) in [6.45, 7) is 6.06. The van der Waals surface area contributed by atoms with Crippen LogP contribution in [-0.2, 0) is 21.4 Å². The largest absolute Gasteiger partial charge is 0.484 e. The minimum atomic E-state index is -3.57. The zero-order valence-electron chi connectivity index (χ0n) is 16.9. The molecule has 0 heterocycles. The first-order valence-corrected chi connectivity index (χ1v) is 10.9. The van der Waals surface area contributed by atoms with E-state index < -0.39 is 10.0 Å². The van der Waals surface area contributed by atoms with Crippen LogP contribution >= 0.6 is 0 Å². The lowest BCUT2D eigenvalue weighted by molar-refractivity contribution is -0.123. The number of carbonyl (C=O) groups is 1. The van der Waals surface area contributed by atoms with Crippen LogP contribution in [0.3, 0.4) is 0 Å². The molecule has 0 aliphatic carbocycles. The summed E-state index contributed by atoms with van der Waals surface area (Å²) in [6, 6.07) is 10.6. The summed E-state index contributed by atoms with van der Waals surface area (Å²) in [5, 5.41) is 2.65. The minimum absolute atomic E-state index is 0.138.